The fourth-order valence-electron chi connectivity index (χ4n) is 1.90. The molecule has 6 heteroatoms. The van der Waals surface area contributed by atoms with E-state index in [0.29, 0.717) is 18.2 Å². The van der Waals surface area contributed by atoms with E-state index in [1.807, 2.05) is 0 Å². The van der Waals surface area contributed by atoms with Crippen LogP contribution in [-0.2, 0) is 16.3 Å². The maximum absolute atomic E-state index is 11.3. The van der Waals surface area contributed by atoms with Gasteiger partial charge in [-0.3, -0.25) is 0 Å². The van der Waals surface area contributed by atoms with Crippen LogP contribution < -0.4 is 5.32 Å². The van der Waals surface area contributed by atoms with Gasteiger partial charge in [-0.1, -0.05) is 6.92 Å². The lowest BCUT2D eigenvalue weighted by Gasteiger charge is -2.09. The highest BCUT2D eigenvalue weighted by atomic mass is 32.2. The molecule has 1 unspecified atom stereocenters. The lowest BCUT2D eigenvalue weighted by Crippen LogP contribution is -2.16. The monoisotopic (exact) mass is 255 g/mol. The SMILES string of the molecule is CCc1cnc(NCC2CCS(=O)(=O)C2)nc1. The third-order valence-corrected chi connectivity index (χ3v) is 4.83. The molecule has 1 aromatic heterocycles. The number of anilines is 1. The lowest BCUT2D eigenvalue weighted by atomic mass is 10.1. The second-order valence-electron chi connectivity index (χ2n) is 4.42. The highest BCUT2D eigenvalue weighted by molar-refractivity contribution is 7.91. The summed E-state index contributed by atoms with van der Waals surface area (Å²) in [5.41, 5.74) is 1.10. The van der Waals surface area contributed by atoms with Crippen molar-refractivity contribution in [3.8, 4) is 0 Å². The third-order valence-electron chi connectivity index (χ3n) is 2.99. The maximum atomic E-state index is 11.3. The first-order valence-corrected chi connectivity index (χ1v) is 7.66. The van der Waals surface area contributed by atoms with Crippen molar-refractivity contribution in [2.24, 2.45) is 5.92 Å². The summed E-state index contributed by atoms with van der Waals surface area (Å²) in [4.78, 5) is 8.35. The maximum Gasteiger partial charge on any atom is 0.222 e. The van der Waals surface area contributed by atoms with E-state index in [0.717, 1.165) is 18.4 Å². The number of sulfone groups is 1. The number of aromatic nitrogens is 2. The molecule has 0 aliphatic carbocycles. The standard InChI is InChI=1S/C11H17N3O2S/c1-2-9-5-12-11(13-6-9)14-7-10-3-4-17(15,16)8-10/h5-6,10H,2-4,7-8H2,1H3,(H,12,13,14). The van der Waals surface area contributed by atoms with E-state index in [9.17, 15) is 8.42 Å². The Morgan fingerprint density at radius 2 is 2.12 bits per heavy atom. The number of hydrogen-bond acceptors (Lipinski definition) is 5. The number of rotatable bonds is 4. The molecule has 1 N–H and O–H groups in total. The number of nitrogens with zero attached hydrogens (tertiary/aromatic N) is 2. The zero-order chi connectivity index (χ0) is 12.3. The summed E-state index contributed by atoms with van der Waals surface area (Å²) in [5.74, 6) is 1.36. The van der Waals surface area contributed by atoms with E-state index in [2.05, 4.69) is 22.2 Å². The van der Waals surface area contributed by atoms with Crippen molar-refractivity contribution in [2.75, 3.05) is 23.4 Å². The normalized spacial score (nSPS) is 22.5. The fourth-order valence-corrected chi connectivity index (χ4v) is 3.76. The van der Waals surface area contributed by atoms with Gasteiger partial charge in [0.2, 0.25) is 5.95 Å². The van der Waals surface area contributed by atoms with Crippen molar-refractivity contribution in [3.05, 3.63) is 18.0 Å². The highest BCUT2D eigenvalue weighted by Gasteiger charge is 2.27. The number of aryl methyl sites for hydroxylation is 1. The van der Waals surface area contributed by atoms with Crippen molar-refractivity contribution < 1.29 is 8.42 Å². The molecule has 2 rings (SSSR count). The van der Waals surface area contributed by atoms with E-state index in [1.165, 1.54) is 0 Å². The highest BCUT2D eigenvalue weighted by Crippen LogP contribution is 2.18. The average molecular weight is 255 g/mol. The summed E-state index contributed by atoms with van der Waals surface area (Å²) in [6, 6.07) is 0. The third kappa shape index (κ3) is 3.39. The minimum atomic E-state index is -2.79. The van der Waals surface area contributed by atoms with Gasteiger partial charge >= 0.3 is 0 Å². The van der Waals surface area contributed by atoms with Crippen molar-refractivity contribution >= 4 is 15.8 Å². The Hall–Kier alpha value is -1.17. The van der Waals surface area contributed by atoms with Gasteiger partial charge in [0.15, 0.2) is 9.84 Å². The van der Waals surface area contributed by atoms with E-state index < -0.39 is 9.84 Å². The Kier molecular flexibility index (Phi) is 3.61. The van der Waals surface area contributed by atoms with Gasteiger partial charge in [-0.15, -0.1) is 0 Å². The molecular weight excluding hydrogens is 238 g/mol. The summed E-state index contributed by atoms with van der Waals surface area (Å²) in [7, 11) is -2.79. The molecular formula is C11H17N3O2S. The Morgan fingerprint density at radius 1 is 1.41 bits per heavy atom. The molecule has 0 aromatic carbocycles. The first kappa shape index (κ1) is 12.3. The quantitative estimate of drug-likeness (QED) is 0.865. The zero-order valence-corrected chi connectivity index (χ0v) is 10.7. The molecule has 1 fully saturated rings. The van der Waals surface area contributed by atoms with E-state index in [4.69, 9.17) is 0 Å². The average Bonchev–Trinajstić information content (AvgIpc) is 2.67. The van der Waals surface area contributed by atoms with Crippen LogP contribution in [0.15, 0.2) is 12.4 Å². The van der Waals surface area contributed by atoms with Gasteiger partial charge in [0.05, 0.1) is 11.5 Å². The zero-order valence-electron chi connectivity index (χ0n) is 9.89. The van der Waals surface area contributed by atoms with Crippen LogP contribution in [0.2, 0.25) is 0 Å². The van der Waals surface area contributed by atoms with Crippen LogP contribution in [0.3, 0.4) is 0 Å². The molecule has 0 radical (unpaired) electrons. The van der Waals surface area contributed by atoms with Crippen LogP contribution in [0.4, 0.5) is 5.95 Å². The minimum absolute atomic E-state index is 0.189. The molecule has 0 saturated carbocycles. The lowest BCUT2D eigenvalue weighted by molar-refractivity contribution is 0.595. The smallest absolute Gasteiger partial charge is 0.222 e. The summed E-state index contributed by atoms with van der Waals surface area (Å²) in [6.45, 7) is 2.68. The predicted molar refractivity (Wildman–Crippen MR) is 66.7 cm³/mol. The first-order valence-electron chi connectivity index (χ1n) is 5.84. The molecule has 0 amide bonds. The van der Waals surface area contributed by atoms with E-state index >= 15 is 0 Å². The summed E-state index contributed by atoms with van der Waals surface area (Å²) in [6.07, 6.45) is 5.24. The molecule has 1 aliphatic heterocycles. The Balaban J connectivity index is 1.86. The van der Waals surface area contributed by atoms with Crippen LogP contribution in [0.5, 0.6) is 0 Å². The number of hydrogen-bond donors (Lipinski definition) is 1. The second-order valence-corrected chi connectivity index (χ2v) is 6.65. The largest absolute Gasteiger partial charge is 0.354 e. The van der Waals surface area contributed by atoms with Crippen LogP contribution >= 0.6 is 0 Å². The fraction of sp³-hybridized carbons (Fsp3) is 0.636. The molecule has 1 saturated heterocycles. The Bertz CT molecular complexity index is 470. The van der Waals surface area contributed by atoms with Crippen LogP contribution in [0, 0.1) is 5.92 Å². The molecule has 2 heterocycles. The molecule has 1 atom stereocenters. The molecule has 0 spiro atoms. The van der Waals surface area contributed by atoms with Crippen LogP contribution in [0.25, 0.3) is 0 Å². The summed E-state index contributed by atoms with van der Waals surface area (Å²) < 4.78 is 22.6. The van der Waals surface area contributed by atoms with Gasteiger partial charge in [0.25, 0.3) is 0 Å². The van der Waals surface area contributed by atoms with E-state index in [-0.39, 0.29) is 11.7 Å². The van der Waals surface area contributed by atoms with Gasteiger partial charge in [0.1, 0.15) is 0 Å². The molecule has 0 bridgehead atoms. The molecule has 1 aromatic rings. The van der Waals surface area contributed by atoms with E-state index in [1.54, 1.807) is 12.4 Å². The predicted octanol–water partition coefficient (Wildman–Crippen LogP) is 0.886. The van der Waals surface area contributed by atoms with Crippen molar-refractivity contribution in [1.29, 1.82) is 0 Å². The summed E-state index contributed by atoms with van der Waals surface area (Å²) >= 11 is 0. The van der Waals surface area contributed by atoms with Gasteiger partial charge in [-0.2, -0.15) is 0 Å². The van der Waals surface area contributed by atoms with Gasteiger partial charge in [-0.25, -0.2) is 18.4 Å². The molecule has 94 valence electrons. The van der Waals surface area contributed by atoms with Crippen LogP contribution in [0.1, 0.15) is 18.9 Å². The van der Waals surface area contributed by atoms with Crippen molar-refractivity contribution in [3.63, 3.8) is 0 Å². The van der Waals surface area contributed by atoms with Crippen molar-refractivity contribution in [2.45, 2.75) is 19.8 Å². The van der Waals surface area contributed by atoms with Crippen molar-refractivity contribution in [1.82, 2.24) is 9.97 Å². The van der Waals surface area contributed by atoms with Gasteiger partial charge < -0.3 is 5.32 Å². The Morgan fingerprint density at radius 3 is 2.65 bits per heavy atom. The molecule has 17 heavy (non-hydrogen) atoms. The Labute approximate surface area is 102 Å². The molecule has 1 aliphatic rings. The minimum Gasteiger partial charge on any atom is -0.354 e. The summed E-state index contributed by atoms with van der Waals surface area (Å²) in [5, 5.41) is 3.09. The number of nitrogens with one attached hydrogen (secondary N) is 1. The van der Waals surface area contributed by atoms with Gasteiger partial charge in [-0.05, 0) is 24.3 Å². The van der Waals surface area contributed by atoms with Crippen LogP contribution in [-0.4, -0.2) is 36.4 Å². The first-order chi connectivity index (χ1) is 8.09. The topological polar surface area (TPSA) is 72.0 Å². The second kappa shape index (κ2) is 5.00. The molecule has 5 nitrogen and oxygen atoms in total. The van der Waals surface area contributed by atoms with Gasteiger partial charge in [0, 0.05) is 18.9 Å².